The lowest BCUT2D eigenvalue weighted by Gasteiger charge is -2.39. The van der Waals surface area contributed by atoms with E-state index in [1.807, 2.05) is 0 Å². The number of fused-ring (bicyclic) bond motifs is 2. The van der Waals surface area contributed by atoms with Crippen molar-refractivity contribution in [1.29, 1.82) is 0 Å². The minimum atomic E-state index is -0.542. The summed E-state index contributed by atoms with van der Waals surface area (Å²) in [6, 6.07) is -0.412. The molecule has 2 aliphatic rings. The molecule has 16 heavy (non-hydrogen) atoms. The number of hydrogen-bond acceptors (Lipinski definition) is 3. The maximum atomic E-state index is 11.5. The maximum absolute atomic E-state index is 11.5. The third kappa shape index (κ3) is 1.22. The van der Waals surface area contributed by atoms with Crippen molar-refractivity contribution in [2.75, 3.05) is 0 Å². The topological polar surface area (TPSA) is 86.9 Å². The molecule has 0 aromatic carbocycles. The van der Waals surface area contributed by atoms with Crippen LogP contribution in [0.4, 0.5) is 4.79 Å². The summed E-state index contributed by atoms with van der Waals surface area (Å²) >= 11 is 0. The number of carbonyl (C=O) groups excluding carboxylic acids is 2. The number of amides is 3. The molecule has 1 atom stereocenters. The minimum Gasteiger partial charge on any atom is -0.328 e. The van der Waals surface area contributed by atoms with Crippen LogP contribution in [-0.4, -0.2) is 22.1 Å². The van der Waals surface area contributed by atoms with Crippen molar-refractivity contribution in [2.24, 2.45) is 0 Å². The van der Waals surface area contributed by atoms with Crippen LogP contribution in [0.1, 0.15) is 30.5 Å². The summed E-state index contributed by atoms with van der Waals surface area (Å²) in [5, 5.41) is 12.0. The summed E-state index contributed by atoms with van der Waals surface area (Å²) in [6.45, 7) is 0. The fraction of sp³-hybridized carbons (Fsp3) is 0.500. The number of nitrogens with one attached hydrogen (secondary N) is 3. The first-order valence-corrected chi connectivity index (χ1v) is 5.34. The molecule has 84 valence electrons. The molecule has 6 heteroatoms. The normalized spacial score (nSPS) is 28.5. The van der Waals surface area contributed by atoms with E-state index < -0.39 is 11.6 Å². The lowest BCUT2D eigenvalue weighted by molar-refractivity contribution is -0.122. The molecule has 2 heterocycles. The molecule has 6 nitrogen and oxygen atoms in total. The quantitative estimate of drug-likeness (QED) is 0.582. The minimum absolute atomic E-state index is 0.224. The molecule has 1 aromatic heterocycles. The third-order valence-electron chi connectivity index (χ3n) is 3.33. The highest BCUT2D eigenvalue weighted by molar-refractivity contribution is 5.98. The van der Waals surface area contributed by atoms with Gasteiger partial charge in [-0.05, 0) is 19.3 Å². The van der Waals surface area contributed by atoms with Crippen LogP contribution in [0.15, 0.2) is 6.20 Å². The van der Waals surface area contributed by atoms with Gasteiger partial charge in [0.15, 0.2) is 0 Å². The number of imide groups is 1. The first kappa shape index (κ1) is 9.38. The highest BCUT2D eigenvalue weighted by Gasteiger charge is 2.44. The molecule has 1 aliphatic carbocycles. The molecule has 1 saturated heterocycles. The lowest BCUT2D eigenvalue weighted by Crippen LogP contribution is -2.59. The van der Waals surface area contributed by atoms with Crippen LogP contribution in [0.2, 0.25) is 0 Å². The van der Waals surface area contributed by atoms with Crippen molar-refractivity contribution in [2.45, 2.75) is 31.2 Å². The van der Waals surface area contributed by atoms with Gasteiger partial charge in [-0.3, -0.25) is 15.2 Å². The van der Waals surface area contributed by atoms with Gasteiger partial charge in [-0.25, -0.2) is 4.79 Å². The molecular weight excluding hydrogens is 208 g/mol. The van der Waals surface area contributed by atoms with Gasteiger partial charge in [-0.15, -0.1) is 0 Å². The van der Waals surface area contributed by atoms with Crippen molar-refractivity contribution in [3.05, 3.63) is 17.5 Å². The highest BCUT2D eigenvalue weighted by Crippen LogP contribution is 2.37. The predicted molar refractivity (Wildman–Crippen MR) is 54.5 cm³/mol. The standard InChI is InChI=1S/C10H12N4O2/c15-8-4-10(13-9(16)12-8)3-1-2-7-6(10)5-11-14-7/h5H,1-4H2,(H,11,14)(H2,12,13,15,16). The molecule has 0 saturated carbocycles. The van der Waals surface area contributed by atoms with Crippen LogP contribution in [0.3, 0.4) is 0 Å². The first-order chi connectivity index (χ1) is 7.70. The van der Waals surface area contributed by atoms with Crippen LogP contribution in [0.25, 0.3) is 0 Å². The summed E-state index contributed by atoms with van der Waals surface area (Å²) in [4.78, 5) is 22.9. The van der Waals surface area contributed by atoms with E-state index in [4.69, 9.17) is 0 Å². The van der Waals surface area contributed by atoms with E-state index in [-0.39, 0.29) is 5.91 Å². The number of carbonyl (C=O) groups is 2. The molecule has 3 rings (SSSR count). The maximum Gasteiger partial charge on any atom is 0.322 e. The Balaban J connectivity index is 2.06. The molecule has 0 bridgehead atoms. The van der Waals surface area contributed by atoms with Gasteiger partial charge in [0, 0.05) is 11.3 Å². The van der Waals surface area contributed by atoms with E-state index in [0.29, 0.717) is 6.42 Å². The van der Waals surface area contributed by atoms with Gasteiger partial charge < -0.3 is 5.32 Å². The zero-order valence-corrected chi connectivity index (χ0v) is 8.67. The van der Waals surface area contributed by atoms with E-state index in [0.717, 1.165) is 30.5 Å². The van der Waals surface area contributed by atoms with Gasteiger partial charge in [-0.1, -0.05) is 0 Å². The Bertz CT molecular complexity index is 449. The van der Waals surface area contributed by atoms with Gasteiger partial charge in [0.2, 0.25) is 5.91 Å². The van der Waals surface area contributed by atoms with Crippen molar-refractivity contribution in [3.63, 3.8) is 0 Å². The molecule has 1 aromatic rings. The molecule has 3 amide bonds. The fourth-order valence-electron chi connectivity index (χ4n) is 2.67. The Kier molecular flexibility index (Phi) is 1.80. The van der Waals surface area contributed by atoms with Gasteiger partial charge in [-0.2, -0.15) is 5.10 Å². The van der Waals surface area contributed by atoms with Gasteiger partial charge in [0.1, 0.15) is 0 Å². The predicted octanol–water partition coefficient (Wildman–Crippen LogP) is 0.171. The fourth-order valence-corrected chi connectivity index (χ4v) is 2.67. The molecule has 0 radical (unpaired) electrons. The molecule has 1 fully saturated rings. The van der Waals surface area contributed by atoms with Crippen LogP contribution in [-0.2, 0) is 16.8 Å². The number of aromatic amines is 1. The number of nitrogens with zero attached hydrogens (tertiary/aromatic N) is 1. The highest BCUT2D eigenvalue weighted by atomic mass is 16.2. The molecule has 1 unspecified atom stereocenters. The number of urea groups is 1. The summed E-state index contributed by atoms with van der Waals surface area (Å²) in [7, 11) is 0. The Morgan fingerprint density at radius 1 is 1.38 bits per heavy atom. The summed E-state index contributed by atoms with van der Waals surface area (Å²) in [5.74, 6) is -0.224. The second-order valence-electron chi connectivity index (χ2n) is 4.38. The second-order valence-corrected chi connectivity index (χ2v) is 4.38. The van der Waals surface area contributed by atoms with E-state index in [1.54, 1.807) is 6.20 Å². The van der Waals surface area contributed by atoms with Crippen molar-refractivity contribution in [1.82, 2.24) is 20.8 Å². The molecule has 1 spiro atoms. The number of aryl methyl sites for hydroxylation is 1. The van der Waals surface area contributed by atoms with Crippen LogP contribution in [0.5, 0.6) is 0 Å². The Morgan fingerprint density at radius 2 is 2.25 bits per heavy atom. The number of aromatic nitrogens is 2. The van der Waals surface area contributed by atoms with E-state index in [1.165, 1.54) is 0 Å². The first-order valence-electron chi connectivity index (χ1n) is 5.34. The van der Waals surface area contributed by atoms with E-state index >= 15 is 0 Å². The van der Waals surface area contributed by atoms with Crippen LogP contribution in [0, 0.1) is 0 Å². The lowest BCUT2D eigenvalue weighted by atomic mass is 9.76. The Morgan fingerprint density at radius 3 is 3.06 bits per heavy atom. The summed E-state index contributed by atoms with van der Waals surface area (Å²) < 4.78 is 0. The van der Waals surface area contributed by atoms with Crippen LogP contribution < -0.4 is 10.6 Å². The van der Waals surface area contributed by atoms with Gasteiger partial charge in [0.05, 0.1) is 18.2 Å². The van der Waals surface area contributed by atoms with E-state index in [9.17, 15) is 9.59 Å². The summed E-state index contributed by atoms with van der Waals surface area (Å²) in [6.07, 6.45) is 4.68. The molecule has 3 N–H and O–H groups in total. The van der Waals surface area contributed by atoms with Gasteiger partial charge >= 0.3 is 6.03 Å². The van der Waals surface area contributed by atoms with Crippen LogP contribution >= 0.6 is 0 Å². The number of rotatable bonds is 0. The smallest absolute Gasteiger partial charge is 0.322 e. The molecule has 1 aliphatic heterocycles. The van der Waals surface area contributed by atoms with Crippen molar-refractivity contribution in [3.8, 4) is 0 Å². The zero-order valence-electron chi connectivity index (χ0n) is 8.67. The largest absolute Gasteiger partial charge is 0.328 e. The molecular formula is C10H12N4O2. The number of H-pyrrole nitrogens is 1. The Hall–Kier alpha value is -1.85. The van der Waals surface area contributed by atoms with Gasteiger partial charge in [0.25, 0.3) is 0 Å². The summed E-state index contributed by atoms with van der Waals surface area (Å²) in [5.41, 5.74) is 1.45. The Labute approximate surface area is 91.8 Å². The average molecular weight is 220 g/mol. The van der Waals surface area contributed by atoms with Crippen molar-refractivity contribution < 1.29 is 9.59 Å². The van der Waals surface area contributed by atoms with Crippen molar-refractivity contribution >= 4 is 11.9 Å². The average Bonchev–Trinajstić information content (AvgIpc) is 2.65. The SMILES string of the molecule is O=C1CC2(CCCc3[nH]ncc32)NC(=O)N1. The third-order valence-corrected chi connectivity index (χ3v) is 3.33. The number of hydrogen-bond donors (Lipinski definition) is 3. The zero-order chi connectivity index (χ0) is 11.2. The second kappa shape index (κ2) is 3.07. The van der Waals surface area contributed by atoms with E-state index in [2.05, 4.69) is 20.8 Å². The monoisotopic (exact) mass is 220 g/mol.